The Kier molecular flexibility index (Phi) is 5.46. The fourth-order valence-corrected chi connectivity index (χ4v) is 3.18. The van der Waals surface area contributed by atoms with E-state index < -0.39 is 12.0 Å². The molecule has 0 saturated carbocycles. The van der Waals surface area contributed by atoms with Crippen molar-refractivity contribution >= 4 is 12.0 Å². The number of allylic oxidation sites excluding steroid dienone is 1. The third-order valence-corrected chi connectivity index (χ3v) is 4.49. The third kappa shape index (κ3) is 3.82. The molecule has 0 radical (unpaired) electrons. The lowest BCUT2D eigenvalue weighted by Crippen LogP contribution is -2.42. The summed E-state index contributed by atoms with van der Waals surface area (Å²) < 4.78 is 18.3. The summed E-state index contributed by atoms with van der Waals surface area (Å²) in [4.78, 5) is 26.5. The number of carbonyl (C=O) groups excluding carboxylic acids is 2. The van der Waals surface area contributed by atoms with Gasteiger partial charge in [0.05, 0.1) is 12.0 Å². The molecule has 1 heterocycles. The lowest BCUT2D eigenvalue weighted by atomic mass is 9.93. The van der Waals surface area contributed by atoms with Gasteiger partial charge in [0.25, 0.3) is 0 Å². The molecular formula is C21H20FNO3. The van der Waals surface area contributed by atoms with Crippen LogP contribution in [0.3, 0.4) is 0 Å². The molecule has 0 spiro atoms. The van der Waals surface area contributed by atoms with Crippen LogP contribution in [0.2, 0.25) is 0 Å². The van der Waals surface area contributed by atoms with Gasteiger partial charge < -0.3 is 4.74 Å². The number of cyclic esters (lactones) is 1. The van der Waals surface area contributed by atoms with Gasteiger partial charge in [-0.1, -0.05) is 48.5 Å². The number of ether oxygens (including phenoxy) is 1. The monoisotopic (exact) mass is 353 g/mol. The van der Waals surface area contributed by atoms with Gasteiger partial charge in [0.1, 0.15) is 12.4 Å². The third-order valence-electron chi connectivity index (χ3n) is 4.49. The molecule has 1 saturated heterocycles. The summed E-state index contributed by atoms with van der Waals surface area (Å²) in [7, 11) is 0. The first kappa shape index (κ1) is 17.9. The first-order chi connectivity index (χ1) is 12.6. The van der Waals surface area contributed by atoms with Crippen LogP contribution < -0.4 is 0 Å². The van der Waals surface area contributed by atoms with Gasteiger partial charge in [0.2, 0.25) is 5.91 Å². The molecule has 2 atom stereocenters. The molecule has 1 aliphatic rings. The second kappa shape index (κ2) is 7.95. The maximum atomic E-state index is 13.2. The summed E-state index contributed by atoms with van der Waals surface area (Å²) >= 11 is 0. The Morgan fingerprint density at radius 3 is 2.58 bits per heavy atom. The van der Waals surface area contributed by atoms with Crippen molar-refractivity contribution in [3.63, 3.8) is 0 Å². The van der Waals surface area contributed by atoms with Gasteiger partial charge in [0, 0.05) is 0 Å². The van der Waals surface area contributed by atoms with Crippen LogP contribution in [-0.2, 0) is 16.0 Å². The number of halogens is 1. The average Bonchev–Trinajstić information content (AvgIpc) is 3.01. The van der Waals surface area contributed by atoms with Crippen molar-refractivity contribution in [2.24, 2.45) is 0 Å². The normalized spacial score (nSPS) is 17.7. The Labute approximate surface area is 151 Å². The molecule has 0 bridgehead atoms. The molecule has 4 nitrogen and oxygen atoms in total. The number of amides is 2. The molecule has 2 unspecified atom stereocenters. The molecule has 1 aliphatic heterocycles. The summed E-state index contributed by atoms with van der Waals surface area (Å²) in [5.41, 5.74) is 1.67. The number of hydrogen-bond acceptors (Lipinski definition) is 3. The van der Waals surface area contributed by atoms with Gasteiger partial charge in [-0.05, 0) is 36.1 Å². The van der Waals surface area contributed by atoms with Crippen molar-refractivity contribution < 1.29 is 18.7 Å². The largest absolute Gasteiger partial charge is 0.447 e. The van der Waals surface area contributed by atoms with Gasteiger partial charge in [-0.3, -0.25) is 4.79 Å². The van der Waals surface area contributed by atoms with E-state index in [1.165, 1.54) is 17.0 Å². The minimum absolute atomic E-state index is 0.170. The molecule has 26 heavy (non-hydrogen) atoms. The van der Waals surface area contributed by atoms with Crippen molar-refractivity contribution in [2.45, 2.75) is 24.8 Å². The van der Waals surface area contributed by atoms with E-state index in [-0.39, 0.29) is 24.4 Å². The summed E-state index contributed by atoms with van der Waals surface area (Å²) in [5.74, 6) is -1.32. The second-order valence-corrected chi connectivity index (χ2v) is 6.26. The first-order valence-corrected chi connectivity index (χ1v) is 8.50. The number of rotatable bonds is 6. The fourth-order valence-electron chi connectivity index (χ4n) is 3.18. The second-order valence-electron chi connectivity index (χ2n) is 6.26. The summed E-state index contributed by atoms with van der Waals surface area (Å²) in [6.07, 6.45) is 1.88. The van der Waals surface area contributed by atoms with E-state index in [0.717, 1.165) is 5.56 Å². The topological polar surface area (TPSA) is 46.6 Å². The molecule has 5 heteroatoms. The lowest BCUT2D eigenvalue weighted by Gasteiger charge is -2.24. The zero-order chi connectivity index (χ0) is 18.5. The zero-order valence-corrected chi connectivity index (χ0v) is 14.3. The van der Waals surface area contributed by atoms with Crippen LogP contribution in [0.4, 0.5) is 9.18 Å². The summed E-state index contributed by atoms with van der Waals surface area (Å²) in [5, 5.41) is 0. The van der Waals surface area contributed by atoms with E-state index >= 15 is 0 Å². The standard InChI is InChI=1S/C21H20FNO3/c1-2-6-19(16-9-11-17(22)12-10-16)20(24)23-18(14-26-21(23)25)13-15-7-4-3-5-8-15/h2-5,7-12,18-19H,1,6,13-14H2. The first-order valence-electron chi connectivity index (χ1n) is 8.50. The highest BCUT2D eigenvalue weighted by Crippen LogP contribution is 2.27. The molecule has 3 rings (SSSR count). The van der Waals surface area contributed by atoms with E-state index in [4.69, 9.17) is 4.74 Å². The Bertz CT molecular complexity index is 789. The van der Waals surface area contributed by atoms with Crippen LogP contribution >= 0.6 is 0 Å². The van der Waals surface area contributed by atoms with Crippen molar-refractivity contribution in [3.05, 3.63) is 84.2 Å². The van der Waals surface area contributed by atoms with Gasteiger partial charge >= 0.3 is 6.09 Å². The molecule has 0 N–H and O–H groups in total. The van der Waals surface area contributed by atoms with Gasteiger partial charge in [-0.2, -0.15) is 0 Å². The van der Waals surface area contributed by atoms with Gasteiger partial charge in [-0.15, -0.1) is 6.58 Å². The highest BCUT2D eigenvalue weighted by Gasteiger charge is 2.40. The van der Waals surface area contributed by atoms with Crippen LogP contribution in [-0.4, -0.2) is 29.5 Å². The Morgan fingerprint density at radius 1 is 1.23 bits per heavy atom. The molecule has 0 aromatic heterocycles. The smallest absolute Gasteiger partial charge is 0.417 e. The number of benzene rings is 2. The van der Waals surface area contributed by atoms with Crippen molar-refractivity contribution in [1.82, 2.24) is 4.90 Å². The van der Waals surface area contributed by atoms with Crippen LogP contribution in [0, 0.1) is 5.82 Å². The van der Waals surface area contributed by atoms with E-state index in [9.17, 15) is 14.0 Å². The van der Waals surface area contributed by atoms with E-state index in [1.807, 2.05) is 30.3 Å². The maximum absolute atomic E-state index is 13.2. The fraction of sp³-hybridized carbons (Fsp3) is 0.238. The Morgan fingerprint density at radius 2 is 1.92 bits per heavy atom. The van der Waals surface area contributed by atoms with Crippen molar-refractivity contribution in [2.75, 3.05) is 6.61 Å². The minimum atomic E-state index is -0.632. The quantitative estimate of drug-likeness (QED) is 0.735. The number of nitrogens with zero attached hydrogens (tertiary/aromatic N) is 1. The predicted molar refractivity (Wildman–Crippen MR) is 96.1 cm³/mol. The number of hydrogen-bond donors (Lipinski definition) is 0. The molecule has 1 fully saturated rings. The summed E-state index contributed by atoms with van der Waals surface area (Å²) in [6, 6.07) is 15.0. The minimum Gasteiger partial charge on any atom is -0.447 e. The van der Waals surface area contributed by atoms with E-state index in [1.54, 1.807) is 18.2 Å². The van der Waals surface area contributed by atoms with Crippen molar-refractivity contribution in [3.8, 4) is 0 Å². The SMILES string of the molecule is C=CCC(C(=O)N1C(=O)OCC1Cc1ccccc1)c1ccc(F)cc1. The molecule has 0 aliphatic carbocycles. The predicted octanol–water partition coefficient (Wildman–Crippen LogP) is 4.08. The highest BCUT2D eigenvalue weighted by atomic mass is 19.1. The number of carbonyl (C=O) groups is 2. The Balaban J connectivity index is 1.84. The van der Waals surface area contributed by atoms with Gasteiger partial charge in [0.15, 0.2) is 0 Å². The van der Waals surface area contributed by atoms with Gasteiger partial charge in [-0.25, -0.2) is 14.1 Å². The summed E-state index contributed by atoms with van der Waals surface area (Å²) in [6.45, 7) is 3.87. The molecule has 2 amide bonds. The Hall–Kier alpha value is -2.95. The molecule has 2 aromatic carbocycles. The maximum Gasteiger partial charge on any atom is 0.417 e. The zero-order valence-electron chi connectivity index (χ0n) is 14.3. The lowest BCUT2D eigenvalue weighted by molar-refractivity contribution is -0.130. The van der Waals surface area contributed by atoms with Crippen LogP contribution in [0.25, 0.3) is 0 Å². The van der Waals surface area contributed by atoms with E-state index in [0.29, 0.717) is 18.4 Å². The molecule has 2 aromatic rings. The van der Waals surface area contributed by atoms with Crippen molar-refractivity contribution in [1.29, 1.82) is 0 Å². The van der Waals surface area contributed by atoms with Crippen LogP contribution in [0.1, 0.15) is 23.5 Å². The van der Waals surface area contributed by atoms with Crippen LogP contribution in [0.15, 0.2) is 67.3 Å². The highest BCUT2D eigenvalue weighted by molar-refractivity contribution is 5.97. The molecular weight excluding hydrogens is 333 g/mol. The van der Waals surface area contributed by atoms with Crippen LogP contribution in [0.5, 0.6) is 0 Å². The van der Waals surface area contributed by atoms with E-state index in [2.05, 4.69) is 6.58 Å². The number of imide groups is 1. The average molecular weight is 353 g/mol. The molecule has 134 valence electrons.